The van der Waals surface area contributed by atoms with E-state index in [1.165, 1.54) is 0 Å². The van der Waals surface area contributed by atoms with Gasteiger partial charge in [-0.25, -0.2) is 0 Å². The van der Waals surface area contributed by atoms with Crippen molar-refractivity contribution in [1.29, 1.82) is 0 Å². The molecule has 24 heavy (non-hydrogen) atoms. The molecule has 5 nitrogen and oxygen atoms in total. The summed E-state index contributed by atoms with van der Waals surface area (Å²) in [4.78, 5) is 15.8. The Kier molecular flexibility index (Phi) is 7.97. The van der Waals surface area contributed by atoms with Gasteiger partial charge in [0.25, 0.3) is 0 Å². The summed E-state index contributed by atoms with van der Waals surface area (Å²) < 4.78 is 1.65. The van der Waals surface area contributed by atoms with E-state index in [1.54, 1.807) is 29.4 Å². The highest BCUT2D eigenvalue weighted by molar-refractivity contribution is 7.80. The standard InChI is InChI=1S/C18H24N4OS/c23-17(22-13-6-7-14-22)10-4-2-1-3-5-12-20-18(24)21-16-9-8-11-19-15-16/h6-9,11,13-15H,1-5,10,12H2,(H2,20,21,24). The average Bonchev–Trinajstić information content (AvgIpc) is 3.12. The van der Waals surface area contributed by atoms with E-state index >= 15 is 0 Å². The molecular weight excluding hydrogens is 320 g/mol. The third kappa shape index (κ3) is 6.91. The van der Waals surface area contributed by atoms with E-state index < -0.39 is 0 Å². The zero-order valence-corrected chi connectivity index (χ0v) is 14.6. The van der Waals surface area contributed by atoms with Crippen LogP contribution in [-0.4, -0.2) is 27.1 Å². The van der Waals surface area contributed by atoms with Crippen molar-refractivity contribution in [3.8, 4) is 0 Å². The van der Waals surface area contributed by atoms with E-state index in [0.717, 1.165) is 44.3 Å². The van der Waals surface area contributed by atoms with Crippen LogP contribution < -0.4 is 10.6 Å². The molecule has 0 aliphatic rings. The number of rotatable bonds is 9. The molecule has 2 aromatic rings. The van der Waals surface area contributed by atoms with Crippen LogP contribution in [0.1, 0.15) is 43.3 Å². The number of nitrogens with one attached hydrogen (secondary N) is 2. The van der Waals surface area contributed by atoms with Crippen molar-refractivity contribution < 1.29 is 4.79 Å². The number of aromatic nitrogens is 2. The molecule has 2 rings (SSSR count). The van der Waals surface area contributed by atoms with Crippen molar-refractivity contribution in [3.05, 3.63) is 49.1 Å². The van der Waals surface area contributed by atoms with E-state index in [4.69, 9.17) is 12.2 Å². The molecule has 0 aromatic carbocycles. The van der Waals surface area contributed by atoms with Gasteiger partial charge in [-0.15, -0.1) is 0 Å². The molecule has 0 bridgehead atoms. The number of carbonyl (C=O) groups excluding carboxylic acids is 1. The number of pyridine rings is 1. The third-order valence-corrected chi connectivity index (χ3v) is 3.91. The normalized spacial score (nSPS) is 10.3. The van der Waals surface area contributed by atoms with Gasteiger partial charge in [0.15, 0.2) is 5.11 Å². The fourth-order valence-corrected chi connectivity index (χ4v) is 2.60. The lowest BCUT2D eigenvalue weighted by molar-refractivity contribution is 0.0899. The number of hydrogen-bond acceptors (Lipinski definition) is 3. The minimum atomic E-state index is 0.175. The number of nitrogens with zero attached hydrogens (tertiary/aromatic N) is 2. The molecule has 0 amide bonds. The highest BCUT2D eigenvalue weighted by Gasteiger charge is 2.02. The Morgan fingerprint density at radius 1 is 1.08 bits per heavy atom. The molecule has 0 unspecified atom stereocenters. The van der Waals surface area contributed by atoms with E-state index in [2.05, 4.69) is 15.6 Å². The van der Waals surface area contributed by atoms with E-state index in [-0.39, 0.29) is 5.91 Å². The molecule has 6 heteroatoms. The SMILES string of the molecule is O=C(CCCCCCCNC(=S)Nc1cccnc1)n1cccc1. The molecule has 2 aromatic heterocycles. The summed E-state index contributed by atoms with van der Waals surface area (Å²) >= 11 is 5.23. The largest absolute Gasteiger partial charge is 0.362 e. The van der Waals surface area contributed by atoms with E-state index in [1.807, 2.05) is 24.3 Å². The number of unbranched alkanes of at least 4 members (excludes halogenated alkanes) is 4. The fourth-order valence-electron chi connectivity index (χ4n) is 2.38. The maximum Gasteiger partial charge on any atom is 0.230 e. The van der Waals surface area contributed by atoms with Gasteiger partial charge in [0, 0.05) is 31.6 Å². The summed E-state index contributed by atoms with van der Waals surface area (Å²) in [5, 5.41) is 6.92. The highest BCUT2D eigenvalue weighted by atomic mass is 32.1. The Morgan fingerprint density at radius 2 is 1.83 bits per heavy atom. The van der Waals surface area contributed by atoms with Crippen LogP contribution in [0.3, 0.4) is 0 Å². The first-order valence-electron chi connectivity index (χ1n) is 8.37. The Balaban J connectivity index is 1.44. The summed E-state index contributed by atoms with van der Waals surface area (Å²) in [5.74, 6) is 0.175. The maximum atomic E-state index is 11.8. The second kappa shape index (κ2) is 10.5. The monoisotopic (exact) mass is 344 g/mol. The van der Waals surface area contributed by atoms with Crippen LogP contribution in [0.15, 0.2) is 49.1 Å². The lowest BCUT2D eigenvalue weighted by atomic mass is 10.1. The van der Waals surface area contributed by atoms with Crippen LogP contribution >= 0.6 is 12.2 Å². The molecule has 0 atom stereocenters. The van der Waals surface area contributed by atoms with Crippen molar-refractivity contribution in [2.45, 2.75) is 38.5 Å². The first-order valence-corrected chi connectivity index (χ1v) is 8.77. The average molecular weight is 344 g/mol. The Hall–Kier alpha value is -2.21. The van der Waals surface area contributed by atoms with Gasteiger partial charge in [-0.05, 0) is 49.3 Å². The van der Waals surface area contributed by atoms with Crippen LogP contribution in [0.5, 0.6) is 0 Å². The molecule has 0 aliphatic heterocycles. The van der Waals surface area contributed by atoms with Gasteiger partial charge in [-0.3, -0.25) is 14.3 Å². The molecule has 0 spiro atoms. The van der Waals surface area contributed by atoms with Crippen LogP contribution in [0.4, 0.5) is 5.69 Å². The first kappa shape index (κ1) is 18.1. The second-order valence-electron chi connectivity index (χ2n) is 5.62. The van der Waals surface area contributed by atoms with Crippen LogP contribution in [0.2, 0.25) is 0 Å². The molecule has 0 saturated heterocycles. The van der Waals surface area contributed by atoms with Gasteiger partial charge in [0.1, 0.15) is 0 Å². The van der Waals surface area contributed by atoms with Crippen molar-refractivity contribution in [1.82, 2.24) is 14.9 Å². The lowest BCUT2D eigenvalue weighted by Gasteiger charge is -2.09. The van der Waals surface area contributed by atoms with Crippen LogP contribution in [-0.2, 0) is 0 Å². The van der Waals surface area contributed by atoms with E-state index in [0.29, 0.717) is 11.5 Å². The lowest BCUT2D eigenvalue weighted by Crippen LogP contribution is -2.29. The van der Waals surface area contributed by atoms with Crippen molar-refractivity contribution in [3.63, 3.8) is 0 Å². The smallest absolute Gasteiger partial charge is 0.230 e. The van der Waals surface area contributed by atoms with Crippen molar-refractivity contribution in [2.24, 2.45) is 0 Å². The Labute approximate surface area is 148 Å². The Morgan fingerprint density at radius 3 is 2.58 bits per heavy atom. The van der Waals surface area contributed by atoms with Crippen LogP contribution in [0.25, 0.3) is 0 Å². The van der Waals surface area contributed by atoms with Gasteiger partial charge in [-0.2, -0.15) is 0 Å². The van der Waals surface area contributed by atoms with Crippen LogP contribution in [0, 0.1) is 0 Å². The first-order chi connectivity index (χ1) is 11.8. The zero-order valence-electron chi connectivity index (χ0n) is 13.8. The summed E-state index contributed by atoms with van der Waals surface area (Å²) in [6, 6.07) is 7.54. The fraction of sp³-hybridized carbons (Fsp3) is 0.389. The molecule has 0 radical (unpaired) electrons. The van der Waals surface area contributed by atoms with Gasteiger partial charge in [0.2, 0.25) is 5.91 Å². The number of anilines is 1. The zero-order chi connectivity index (χ0) is 17.0. The van der Waals surface area contributed by atoms with Gasteiger partial charge < -0.3 is 10.6 Å². The Bertz CT molecular complexity index is 613. The number of thiocarbonyl (C=S) groups is 1. The van der Waals surface area contributed by atoms with Gasteiger partial charge in [0.05, 0.1) is 11.9 Å². The van der Waals surface area contributed by atoms with Crippen molar-refractivity contribution >= 4 is 28.9 Å². The summed E-state index contributed by atoms with van der Waals surface area (Å²) in [6.07, 6.45) is 13.1. The third-order valence-electron chi connectivity index (χ3n) is 3.66. The predicted molar refractivity (Wildman–Crippen MR) is 101 cm³/mol. The molecular formula is C18H24N4OS. The second-order valence-corrected chi connectivity index (χ2v) is 6.03. The molecule has 2 N–H and O–H groups in total. The molecule has 0 saturated carbocycles. The quantitative estimate of drug-likeness (QED) is 0.534. The minimum absolute atomic E-state index is 0.175. The van der Waals surface area contributed by atoms with E-state index in [9.17, 15) is 4.79 Å². The predicted octanol–water partition coefficient (Wildman–Crippen LogP) is 3.85. The van der Waals surface area contributed by atoms with Crippen molar-refractivity contribution in [2.75, 3.05) is 11.9 Å². The topological polar surface area (TPSA) is 59.0 Å². The summed E-state index contributed by atoms with van der Waals surface area (Å²) in [7, 11) is 0. The highest BCUT2D eigenvalue weighted by Crippen LogP contribution is 2.07. The van der Waals surface area contributed by atoms with Gasteiger partial charge in [-0.1, -0.05) is 19.3 Å². The summed E-state index contributed by atoms with van der Waals surface area (Å²) in [5.41, 5.74) is 0.891. The number of hydrogen-bond donors (Lipinski definition) is 2. The van der Waals surface area contributed by atoms with Gasteiger partial charge >= 0.3 is 0 Å². The maximum absolute atomic E-state index is 11.8. The molecule has 0 fully saturated rings. The molecule has 128 valence electrons. The molecule has 2 heterocycles. The molecule has 0 aliphatic carbocycles. The number of carbonyl (C=O) groups is 1. The summed E-state index contributed by atoms with van der Waals surface area (Å²) in [6.45, 7) is 0.856. The minimum Gasteiger partial charge on any atom is -0.362 e.